The van der Waals surface area contributed by atoms with Crippen LogP contribution < -0.4 is 5.32 Å². The lowest BCUT2D eigenvalue weighted by Gasteiger charge is -2.17. The Labute approximate surface area is 109 Å². The molecule has 0 atom stereocenters. The van der Waals surface area contributed by atoms with E-state index in [2.05, 4.69) is 34.3 Å². The van der Waals surface area contributed by atoms with Crippen molar-refractivity contribution in [2.24, 2.45) is 0 Å². The molecule has 6 nitrogen and oxygen atoms in total. The van der Waals surface area contributed by atoms with E-state index in [-0.39, 0.29) is 0 Å². The third kappa shape index (κ3) is 5.46. The zero-order valence-electron chi connectivity index (χ0n) is 11.9. The molecule has 1 aromatic heterocycles. The molecule has 0 spiro atoms. The van der Waals surface area contributed by atoms with Crippen LogP contribution >= 0.6 is 0 Å². The zero-order valence-corrected chi connectivity index (χ0v) is 11.9. The van der Waals surface area contributed by atoms with E-state index in [4.69, 9.17) is 4.42 Å². The van der Waals surface area contributed by atoms with Crippen molar-refractivity contribution in [1.82, 2.24) is 20.0 Å². The van der Waals surface area contributed by atoms with Gasteiger partial charge in [0.05, 0.1) is 6.54 Å². The molecule has 0 saturated heterocycles. The molecule has 0 fully saturated rings. The van der Waals surface area contributed by atoms with Crippen LogP contribution in [0.15, 0.2) is 4.42 Å². The molecule has 1 heterocycles. The summed E-state index contributed by atoms with van der Waals surface area (Å²) in [5, 5.41) is 11.1. The van der Waals surface area contributed by atoms with Gasteiger partial charge in [-0.1, -0.05) is 18.9 Å². The molecule has 0 aromatic carbocycles. The van der Waals surface area contributed by atoms with Gasteiger partial charge in [0.1, 0.15) is 0 Å². The summed E-state index contributed by atoms with van der Waals surface area (Å²) in [5.74, 6) is 0.645. The van der Waals surface area contributed by atoms with Crippen LogP contribution in [0.25, 0.3) is 0 Å². The van der Waals surface area contributed by atoms with Gasteiger partial charge >= 0.3 is 6.01 Å². The Morgan fingerprint density at radius 2 is 1.89 bits per heavy atom. The second kappa shape index (κ2) is 8.05. The summed E-state index contributed by atoms with van der Waals surface area (Å²) in [6.07, 6.45) is 1.08. The topological polar surface area (TPSA) is 57.4 Å². The van der Waals surface area contributed by atoms with Crippen molar-refractivity contribution in [2.45, 2.75) is 26.8 Å². The van der Waals surface area contributed by atoms with Gasteiger partial charge in [-0.05, 0) is 40.2 Å². The van der Waals surface area contributed by atoms with Crippen LogP contribution in [-0.4, -0.2) is 60.3 Å². The summed E-state index contributed by atoms with van der Waals surface area (Å²) in [4.78, 5) is 4.39. The van der Waals surface area contributed by atoms with Crippen molar-refractivity contribution >= 4 is 6.01 Å². The second-order valence-corrected chi connectivity index (χ2v) is 4.55. The maximum Gasteiger partial charge on any atom is 0.315 e. The van der Waals surface area contributed by atoms with Crippen molar-refractivity contribution in [2.75, 3.05) is 45.6 Å². The van der Waals surface area contributed by atoms with Gasteiger partial charge in [0.2, 0.25) is 5.89 Å². The lowest BCUT2D eigenvalue weighted by atomic mass is 10.3. The van der Waals surface area contributed by atoms with Gasteiger partial charge in [-0.2, -0.15) is 0 Å². The van der Waals surface area contributed by atoms with Crippen molar-refractivity contribution in [3.63, 3.8) is 0 Å². The Morgan fingerprint density at radius 3 is 2.50 bits per heavy atom. The van der Waals surface area contributed by atoms with Crippen LogP contribution in [-0.2, 0) is 6.54 Å². The number of aromatic nitrogens is 2. The summed E-state index contributed by atoms with van der Waals surface area (Å²) >= 11 is 0. The minimum atomic E-state index is 0.520. The highest BCUT2D eigenvalue weighted by molar-refractivity contribution is 5.16. The maximum atomic E-state index is 5.47. The summed E-state index contributed by atoms with van der Waals surface area (Å²) in [5.41, 5.74) is 0. The molecule has 104 valence electrons. The Morgan fingerprint density at radius 1 is 1.17 bits per heavy atom. The normalized spacial score (nSPS) is 11.4. The predicted molar refractivity (Wildman–Crippen MR) is 72.6 cm³/mol. The maximum absolute atomic E-state index is 5.47. The lowest BCUT2D eigenvalue weighted by Crippen LogP contribution is -2.25. The largest absolute Gasteiger partial charge is 0.407 e. The molecule has 0 amide bonds. The first-order valence-corrected chi connectivity index (χ1v) is 6.59. The van der Waals surface area contributed by atoms with E-state index in [1.54, 1.807) is 0 Å². The van der Waals surface area contributed by atoms with Crippen LogP contribution in [0, 0.1) is 0 Å². The van der Waals surface area contributed by atoms with Crippen molar-refractivity contribution < 1.29 is 4.42 Å². The minimum Gasteiger partial charge on any atom is -0.407 e. The Kier molecular flexibility index (Phi) is 6.67. The SMILES string of the molecule is CCN(CC)CCCNc1nnc(CN(C)C)o1. The molecular weight excluding hydrogens is 230 g/mol. The average Bonchev–Trinajstić information content (AvgIpc) is 2.76. The summed E-state index contributed by atoms with van der Waals surface area (Å²) in [6.45, 7) is 9.20. The van der Waals surface area contributed by atoms with E-state index in [1.165, 1.54) is 0 Å². The smallest absolute Gasteiger partial charge is 0.315 e. The first-order chi connectivity index (χ1) is 8.65. The average molecular weight is 255 g/mol. The fourth-order valence-electron chi connectivity index (χ4n) is 1.70. The molecule has 1 aromatic rings. The highest BCUT2D eigenvalue weighted by Gasteiger charge is 2.06. The Balaban J connectivity index is 2.21. The van der Waals surface area contributed by atoms with Gasteiger partial charge in [-0.15, -0.1) is 5.10 Å². The van der Waals surface area contributed by atoms with Gasteiger partial charge < -0.3 is 19.5 Å². The molecule has 6 heteroatoms. The van der Waals surface area contributed by atoms with Gasteiger partial charge in [0, 0.05) is 6.54 Å². The van der Waals surface area contributed by atoms with Crippen LogP contribution in [0.3, 0.4) is 0 Å². The Hall–Kier alpha value is -1.14. The van der Waals surface area contributed by atoms with E-state index in [9.17, 15) is 0 Å². The first kappa shape index (κ1) is 14.9. The molecule has 0 bridgehead atoms. The molecule has 1 rings (SSSR count). The minimum absolute atomic E-state index is 0.520. The van der Waals surface area contributed by atoms with Gasteiger partial charge in [-0.3, -0.25) is 0 Å². The molecule has 0 unspecified atom stereocenters. The van der Waals surface area contributed by atoms with Crippen LogP contribution in [0.4, 0.5) is 6.01 Å². The molecule has 1 N–H and O–H groups in total. The summed E-state index contributed by atoms with van der Waals surface area (Å²) in [6, 6.07) is 0.520. The van der Waals surface area contributed by atoms with E-state index in [0.29, 0.717) is 18.5 Å². The molecule has 0 saturated carbocycles. The Bertz CT molecular complexity index is 322. The van der Waals surface area contributed by atoms with Crippen LogP contribution in [0.2, 0.25) is 0 Å². The highest BCUT2D eigenvalue weighted by atomic mass is 16.4. The number of nitrogens with one attached hydrogen (secondary N) is 1. The molecule has 0 aliphatic rings. The monoisotopic (exact) mass is 255 g/mol. The summed E-state index contributed by atoms with van der Waals surface area (Å²) < 4.78 is 5.47. The van der Waals surface area contributed by atoms with Crippen molar-refractivity contribution in [1.29, 1.82) is 0 Å². The van der Waals surface area contributed by atoms with Crippen molar-refractivity contribution in [3.05, 3.63) is 5.89 Å². The number of anilines is 1. The van der Waals surface area contributed by atoms with E-state index in [1.807, 2.05) is 19.0 Å². The van der Waals surface area contributed by atoms with Gasteiger partial charge in [-0.25, -0.2) is 0 Å². The van der Waals surface area contributed by atoms with E-state index < -0.39 is 0 Å². The molecule has 18 heavy (non-hydrogen) atoms. The molecular formula is C12H25N5O. The fourth-order valence-corrected chi connectivity index (χ4v) is 1.70. The number of hydrogen-bond acceptors (Lipinski definition) is 6. The number of nitrogens with zero attached hydrogens (tertiary/aromatic N) is 4. The third-order valence-corrected chi connectivity index (χ3v) is 2.74. The number of rotatable bonds is 9. The fraction of sp³-hybridized carbons (Fsp3) is 0.833. The van der Waals surface area contributed by atoms with E-state index in [0.717, 1.165) is 32.6 Å². The molecule has 0 aliphatic heterocycles. The van der Waals surface area contributed by atoms with E-state index >= 15 is 0 Å². The molecule has 0 radical (unpaired) electrons. The van der Waals surface area contributed by atoms with Crippen LogP contribution in [0.5, 0.6) is 0 Å². The zero-order chi connectivity index (χ0) is 13.4. The first-order valence-electron chi connectivity index (χ1n) is 6.59. The van der Waals surface area contributed by atoms with Gasteiger partial charge in [0.15, 0.2) is 0 Å². The van der Waals surface area contributed by atoms with Crippen LogP contribution in [0.1, 0.15) is 26.2 Å². The molecule has 0 aliphatic carbocycles. The quantitative estimate of drug-likeness (QED) is 0.671. The standard InChI is InChI=1S/C12H25N5O/c1-5-17(6-2)9-7-8-13-12-15-14-11(18-12)10-16(3)4/h5-10H2,1-4H3,(H,13,15). The summed E-state index contributed by atoms with van der Waals surface area (Å²) in [7, 11) is 3.95. The second-order valence-electron chi connectivity index (χ2n) is 4.55. The number of hydrogen-bond donors (Lipinski definition) is 1. The highest BCUT2D eigenvalue weighted by Crippen LogP contribution is 2.06. The third-order valence-electron chi connectivity index (χ3n) is 2.74. The predicted octanol–water partition coefficient (Wildman–Crippen LogP) is 1.27. The van der Waals surface area contributed by atoms with Gasteiger partial charge in [0.25, 0.3) is 0 Å². The lowest BCUT2D eigenvalue weighted by molar-refractivity contribution is 0.302. The van der Waals surface area contributed by atoms with Crippen molar-refractivity contribution in [3.8, 4) is 0 Å².